The summed E-state index contributed by atoms with van der Waals surface area (Å²) in [6.07, 6.45) is 4.03. The third-order valence-corrected chi connectivity index (χ3v) is 6.65. The van der Waals surface area contributed by atoms with Gasteiger partial charge in [0, 0.05) is 11.1 Å². The summed E-state index contributed by atoms with van der Waals surface area (Å²) < 4.78 is 5.76. The van der Waals surface area contributed by atoms with Crippen LogP contribution < -0.4 is 9.64 Å². The van der Waals surface area contributed by atoms with Crippen LogP contribution in [0.3, 0.4) is 0 Å². The number of anilines is 1. The zero-order chi connectivity index (χ0) is 22.8. The van der Waals surface area contributed by atoms with E-state index < -0.39 is 11.5 Å². The number of carbonyl (C=O) groups excluding carboxylic acids is 2. The summed E-state index contributed by atoms with van der Waals surface area (Å²) in [6, 6.07) is 22.3. The first-order valence-corrected chi connectivity index (χ1v) is 11.5. The van der Waals surface area contributed by atoms with Gasteiger partial charge in [-0.15, -0.1) is 0 Å². The minimum absolute atomic E-state index is 0.226. The van der Waals surface area contributed by atoms with Crippen molar-refractivity contribution >= 4 is 17.4 Å². The second-order valence-corrected chi connectivity index (χ2v) is 8.79. The lowest BCUT2D eigenvalue weighted by atomic mass is 9.85. The van der Waals surface area contributed by atoms with Crippen LogP contribution in [0.4, 0.5) is 5.69 Å². The zero-order valence-corrected chi connectivity index (χ0v) is 18.5. The predicted molar refractivity (Wildman–Crippen MR) is 127 cm³/mol. The van der Waals surface area contributed by atoms with Gasteiger partial charge in [0.2, 0.25) is 0 Å². The van der Waals surface area contributed by atoms with Gasteiger partial charge in [-0.25, -0.2) is 0 Å². The Morgan fingerprint density at radius 2 is 1.67 bits per heavy atom. The van der Waals surface area contributed by atoms with E-state index in [1.54, 1.807) is 18.2 Å². The van der Waals surface area contributed by atoms with E-state index in [1.807, 2.05) is 54.6 Å². The molecule has 2 aliphatic rings. The van der Waals surface area contributed by atoms with Crippen molar-refractivity contribution in [2.45, 2.75) is 37.7 Å². The zero-order valence-electron chi connectivity index (χ0n) is 18.5. The fraction of sp³-hybridized carbons (Fsp3) is 0.286. The number of aryl methyl sites for hydroxylation is 2. The molecule has 1 atom stereocenters. The van der Waals surface area contributed by atoms with Gasteiger partial charge in [0.1, 0.15) is 12.4 Å². The van der Waals surface area contributed by atoms with E-state index in [1.165, 1.54) is 22.4 Å². The van der Waals surface area contributed by atoms with Crippen molar-refractivity contribution in [1.82, 2.24) is 0 Å². The van der Waals surface area contributed by atoms with Crippen molar-refractivity contribution in [2.75, 3.05) is 18.1 Å². The molecule has 0 fully saturated rings. The van der Waals surface area contributed by atoms with Gasteiger partial charge in [-0.05, 0) is 61.1 Å². The lowest BCUT2D eigenvalue weighted by Gasteiger charge is -2.23. The topological polar surface area (TPSA) is 66.8 Å². The van der Waals surface area contributed by atoms with Crippen molar-refractivity contribution in [1.29, 1.82) is 0 Å². The summed E-state index contributed by atoms with van der Waals surface area (Å²) in [4.78, 5) is 28.1. The second kappa shape index (κ2) is 8.83. The Balaban J connectivity index is 1.35. The number of Topliss-reactive ketones (excluding diaryl/α,β-unsaturated/α-hetero) is 1. The smallest absolute Gasteiger partial charge is 0.264 e. The van der Waals surface area contributed by atoms with Gasteiger partial charge in [0.25, 0.3) is 5.91 Å². The average molecular weight is 442 g/mol. The normalized spacial score (nSPS) is 19.2. The van der Waals surface area contributed by atoms with Crippen LogP contribution in [-0.2, 0) is 23.2 Å². The monoisotopic (exact) mass is 441 g/mol. The highest BCUT2D eigenvalue weighted by atomic mass is 16.5. The molecule has 0 spiro atoms. The van der Waals surface area contributed by atoms with E-state index in [9.17, 15) is 14.7 Å². The van der Waals surface area contributed by atoms with Crippen LogP contribution in [0.25, 0.3) is 0 Å². The summed E-state index contributed by atoms with van der Waals surface area (Å²) in [5.41, 5.74) is 2.28. The van der Waals surface area contributed by atoms with Gasteiger partial charge in [0.15, 0.2) is 11.4 Å². The Morgan fingerprint density at radius 1 is 0.939 bits per heavy atom. The first-order valence-electron chi connectivity index (χ1n) is 11.5. The van der Waals surface area contributed by atoms with Crippen LogP contribution in [0, 0.1) is 0 Å². The van der Waals surface area contributed by atoms with Crippen LogP contribution in [-0.4, -0.2) is 29.9 Å². The summed E-state index contributed by atoms with van der Waals surface area (Å²) >= 11 is 0. The number of para-hydroxylation sites is 2. The molecule has 1 aliphatic carbocycles. The van der Waals surface area contributed by atoms with E-state index in [0.29, 0.717) is 16.8 Å². The van der Waals surface area contributed by atoms with Crippen LogP contribution in [0.15, 0.2) is 72.8 Å². The maximum absolute atomic E-state index is 13.4. The number of nitrogens with zero attached hydrogens (tertiary/aromatic N) is 1. The van der Waals surface area contributed by atoms with Gasteiger partial charge in [-0.1, -0.05) is 48.5 Å². The minimum atomic E-state index is -1.88. The summed E-state index contributed by atoms with van der Waals surface area (Å²) in [7, 11) is 0. The lowest BCUT2D eigenvalue weighted by Crippen LogP contribution is -2.43. The molecular weight excluding hydrogens is 414 g/mol. The number of ketones is 1. The molecule has 5 nitrogen and oxygen atoms in total. The SMILES string of the molecule is O=C(C[C@@]1(O)C(=O)N(CCOc2ccccc2)c2ccccc21)c1ccc2c(c1)CCCC2. The summed E-state index contributed by atoms with van der Waals surface area (Å²) in [5.74, 6) is 0.0124. The molecule has 5 heteroatoms. The molecule has 1 heterocycles. The molecule has 1 N–H and O–H groups in total. The van der Waals surface area contributed by atoms with E-state index in [0.717, 1.165) is 25.0 Å². The summed E-state index contributed by atoms with van der Waals surface area (Å²) in [5, 5.41) is 11.5. The first kappa shape index (κ1) is 21.4. The van der Waals surface area contributed by atoms with Gasteiger partial charge >= 0.3 is 0 Å². The Bertz CT molecular complexity index is 1190. The first-order chi connectivity index (χ1) is 16.1. The third kappa shape index (κ3) is 4.05. The largest absolute Gasteiger partial charge is 0.492 e. The molecule has 1 amide bonds. The van der Waals surface area contributed by atoms with Crippen molar-refractivity contribution < 1.29 is 19.4 Å². The number of benzene rings is 3. The highest BCUT2D eigenvalue weighted by Gasteiger charge is 2.50. The number of amides is 1. The van der Waals surface area contributed by atoms with Gasteiger partial charge in [-0.2, -0.15) is 0 Å². The Kier molecular flexibility index (Phi) is 5.73. The molecular formula is C28H27NO4. The number of aliphatic hydroxyl groups is 1. The maximum atomic E-state index is 13.4. The van der Waals surface area contributed by atoms with E-state index in [4.69, 9.17) is 4.74 Å². The molecule has 0 radical (unpaired) electrons. The Labute approximate surface area is 193 Å². The maximum Gasteiger partial charge on any atom is 0.264 e. The van der Waals surface area contributed by atoms with Crippen molar-refractivity contribution in [2.24, 2.45) is 0 Å². The van der Waals surface area contributed by atoms with E-state index in [2.05, 4.69) is 0 Å². The van der Waals surface area contributed by atoms with Crippen LogP contribution in [0.1, 0.15) is 46.3 Å². The molecule has 3 aromatic carbocycles. The van der Waals surface area contributed by atoms with Crippen molar-refractivity contribution in [3.8, 4) is 5.75 Å². The molecule has 0 unspecified atom stereocenters. The number of ether oxygens (including phenoxy) is 1. The fourth-order valence-electron chi connectivity index (χ4n) is 4.91. The quantitative estimate of drug-likeness (QED) is 0.550. The van der Waals surface area contributed by atoms with E-state index >= 15 is 0 Å². The third-order valence-electron chi connectivity index (χ3n) is 6.65. The molecule has 0 bridgehead atoms. The average Bonchev–Trinajstić information content (AvgIpc) is 3.06. The van der Waals surface area contributed by atoms with E-state index in [-0.39, 0.29) is 25.4 Å². The summed E-state index contributed by atoms with van der Waals surface area (Å²) in [6.45, 7) is 0.555. The number of fused-ring (bicyclic) bond motifs is 2. The molecule has 1 aliphatic heterocycles. The second-order valence-electron chi connectivity index (χ2n) is 8.79. The lowest BCUT2D eigenvalue weighted by molar-refractivity contribution is -0.135. The fourth-order valence-corrected chi connectivity index (χ4v) is 4.91. The Morgan fingerprint density at radius 3 is 2.48 bits per heavy atom. The highest BCUT2D eigenvalue weighted by Crippen LogP contribution is 2.42. The standard InChI is InChI=1S/C28H27NO4/c30-26(22-15-14-20-8-4-5-9-21(20)18-22)19-28(32)24-12-6-7-13-25(24)29(27(28)31)16-17-33-23-10-2-1-3-11-23/h1-3,6-7,10-15,18,32H,4-5,8-9,16-17,19H2/t28-/m0/s1. The number of hydrogen-bond acceptors (Lipinski definition) is 4. The van der Waals surface area contributed by atoms with Gasteiger partial charge < -0.3 is 14.7 Å². The molecule has 3 aromatic rings. The molecule has 5 rings (SSSR count). The van der Waals surface area contributed by atoms with Crippen molar-refractivity contribution in [3.05, 3.63) is 95.1 Å². The number of rotatable bonds is 7. The minimum Gasteiger partial charge on any atom is -0.492 e. The molecule has 33 heavy (non-hydrogen) atoms. The highest BCUT2D eigenvalue weighted by molar-refractivity contribution is 6.10. The Hall–Kier alpha value is -3.44. The van der Waals surface area contributed by atoms with Crippen LogP contribution in [0.5, 0.6) is 5.75 Å². The van der Waals surface area contributed by atoms with Gasteiger partial charge in [-0.3, -0.25) is 9.59 Å². The van der Waals surface area contributed by atoms with Crippen LogP contribution >= 0.6 is 0 Å². The molecule has 0 saturated carbocycles. The molecule has 168 valence electrons. The molecule has 0 aromatic heterocycles. The molecule has 0 saturated heterocycles. The van der Waals surface area contributed by atoms with Crippen molar-refractivity contribution in [3.63, 3.8) is 0 Å². The predicted octanol–water partition coefficient (Wildman–Crippen LogP) is 4.45. The van der Waals surface area contributed by atoms with Gasteiger partial charge in [0.05, 0.1) is 18.7 Å². The number of carbonyl (C=O) groups is 2. The van der Waals surface area contributed by atoms with Crippen LogP contribution in [0.2, 0.25) is 0 Å². The number of hydrogen-bond donors (Lipinski definition) is 1.